The molecular formula is C18H25BrFNO5. The van der Waals surface area contributed by atoms with Crippen LogP contribution in [0.2, 0.25) is 0 Å². The number of carbonyl (C=O) groups is 2. The summed E-state index contributed by atoms with van der Waals surface area (Å²) in [6.45, 7) is 9.88. The van der Waals surface area contributed by atoms with Gasteiger partial charge in [-0.3, -0.25) is 0 Å². The third kappa shape index (κ3) is 8.51. The van der Waals surface area contributed by atoms with E-state index >= 15 is 0 Å². The molecule has 0 aliphatic carbocycles. The number of amides is 1. The molecule has 0 saturated heterocycles. The van der Waals surface area contributed by atoms with Gasteiger partial charge in [0.05, 0.1) is 6.04 Å². The number of benzene rings is 1. The Morgan fingerprint density at radius 3 is 2.23 bits per heavy atom. The minimum absolute atomic E-state index is 0.147. The van der Waals surface area contributed by atoms with Crippen LogP contribution in [0.15, 0.2) is 22.7 Å². The van der Waals surface area contributed by atoms with Crippen LogP contribution in [0.4, 0.5) is 14.0 Å². The number of hydrogen-bond donors (Lipinski definition) is 1. The van der Waals surface area contributed by atoms with Gasteiger partial charge in [-0.1, -0.05) is 15.9 Å². The molecule has 0 aromatic heterocycles. The van der Waals surface area contributed by atoms with E-state index < -0.39 is 35.3 Å². The third-order valence-electron chi connectivity index (χ3n) is 2.78. The molecule has 26 heavy (non-hydrogen) atoms. The van der Waals surface area contributed by atoms with Crippen LogP contribution in [0.5, 0.6) is 0 Å². The van der Waals surface area contributed by atoms with E-state index in [1.165, 1.54) is 18.2 Å². The van der Waals surface area contributed by atoms with Gasteiger partial charge in [-0.25, -0.2) is 14.0 Å². The van der Waals surface area contributed by atoms with Gasteiger partial charge in [0.2, 0.25) is 0 Å². The quantitative estimate of drug-likeness (QED) is 0.667. The Morgan fingerprint density at radius 1 is 1.12 bits per heavy atom. The maximum Gasteiger partial charge on any atom is 0.508 e. The predicted molar refractivity (Wildman–Crippen MR) is 98.4 cm³/mol. The molecule has 0 aliphatic rings. The molecule has 1 N–H and O–H groups in total. The van der Waals surface area contributed by atoms with E-state index in [-0.39, 0.29) is 12.2 Å². The summed E-state index contributed by atoms with van der Waals surface area (Å²) in [6, 6.07) is 3.32. The number of carbonyl (C=O) groups excluding carboxylic acids is 2. The van der Waals surface area contributed by atoms with Crippen molar-refractivity contribution in [1.82, 2.24) is 5.32 Å². The van der Waals surface area contributed by atoms with Gasteiger partial charge in [0.15, 0.2) is 0 Å². The molecule has 1 aromatic rings. The number of nitrogens with one attached hydrogen (secondary N) is 1. The Kier molecular flexibility index (Phi) is 7.44. The summed E-state index contributed by atoms with van der Waals surface area (Å²) in [5.41, 5.74) is -1.31. The van der Waals surface area contributed by atoms with Gasteiger partial charge in [0, 0.05) is 10.0 Å². The van der Waals surface area contributed by atoms with Crippen LogP contribution in [-0.4, -0.2) is 30.1 Å². The number of rotatable bonds is 4. The minimum atomic E-state index is -0.949. The lowest BCUT2D eigenvalue weighted by Gasteiger charge is -2.25. The Labute approximate surface area is 161 Å². The van der Waals surface area contributed by atoms with Gasteiger partial charge in [-0.15, -0.1) is 0 Å². The van der Waals surface area contributed by atoms with Crippen molar-refractivity contribution >= 4 is 28.2 Å². The molecule has 0 fully saturated rings. The molecule has 0 unspecified atom stereocenters. The fraction of sp³-hybridized carbons (Fsp3) is 0.556. The zero-order valence-electron chi connectivity index (χ0n) is 15.8. The highest BCUT2D eigenvalue weighted by Gasteiger charge is 2.25. The Balaban J connectivity index is 2.93. The Bertz CT molecular complexity index is 652. The molecule has 1 amide bonds. The molecule has 1 atom stereocenters. The molecule has 146 valence electrons. The lowest BCUT2D eigenvalue weighted by atomic mass is 10.1. The van der Waals surface area contributed by atoms with Crippen molar-refractivity contribution in [3.63, 3.8) is 0 Å². The summed E-state index contributed by atoms with van der Waals surface area (Å²) in [5, 5.41) is 2.52. The monoisotopic (exact) mass is 433 g/mol. The normalized spacial score (nSPS) is 12.9. The largest absolute Gasteiger partial charge is 0.508 e. The van der Waals surface area contributed by atoms with E-state index in [0.29, 0.717) is 4.47 Å². The molecule has 0 bridgehead atoms. The van der Waals surface area contributed by atoms with Gasteiger partial charge in [0.1, 0.15) is 23.6 Å². The average Bonchev–Trinajstić information content (AvgIpc) is 2.42. The van der Waals surface area contributed by atoms with Crippen molar-refractivity contribution in [1.29, 1.82) is 0 Å². The van der Waals surface area contributed by atoms with Crippen molar-refractivity contribution in [2.75, 3.05) is 6.61 Å². The highest BCUT2D eigenvalue weighted by molar-refractivity contribution is 9.10. The first kappa shape index (κ1) is 22.2. The lowest BCUT2D eigenvalue weighted by molar-refractivity contribution is -0.0122. The molecule has 0 saturated carbocycles. The first-order valence-corrected chi connectivity index (χ1v) is 8.86. The van der Waals surface area contributed by atoms with Crippen LogP contribution in [0, 0.1) is 5.82 Å². The van der Waals surface area contributed by atoms with Gasteiger partial charge in [0.25, 0.3) is 0 Å². The van der Waals surface area contributed by atoms with Crippen LogP contribution in [0.1, 0.15) is 53.1 Å². The molecule has 8 heteroatoms. The van der Waals surface area contributed by atoms with Crippen molar-refractivity contribution in [2.45, 2.75) is 58.8 Å². The fourth-order valence-corrected chi connectivity index (χ4v) is 2.25. The number of ether oxygens (including phenoxy) is 3. The van der Waals surface area contributed by atoms with Gasteiger partial charge >= 0.3 is 12.2 Å². The fourth-order valence-electron chi connectivity index (χ4n) is 1.87. The van der Waals surface area contributed by atoms with Crippen LogP contribution in [-0.2, 0) is 14.2 Å². The second-order valence-electron chi connectivity index (χ2n) is 7.64. The molecule has 0 radical (unpaired) electrons. The van der Waals surface area contributed by atoms with Gasteiger partial charge < -0.3 is 19.5 Å². The van der Waals surface area contributed by atoms with Gasteiger partial charge in [-0.05, 0) is 59.7 Å². The molecular weight excluding hydrogens is 409 g/mol. The first-order chi connectivity index (χ1) is 11.8. The maximum absolute atomic E-state index is 14.2. The van der Waals surface area contributed by atoms with E-state index in [4.69, 9.17) is 14.2 Å². The average molecular weight is 434 g/mol. The molecule has 1 aromatic carbocycles. The second kappa shape index (κ2) is 8.70. The van der Waals surface area contributed by atoms with Crippen LogP contribution < -0.4 is 5.32 Å². The number of alkyl carbamates (subject to hydrolysis) is 1. The minimum Gasteiger partial charge on any atom is -0.444 e. The molecule has 6 nitrogen and oxygen atoms in total. The third-order valence-corrected chi connectivity index (χ3v) is 3.28. The van der Waals surface area contributed by atoms with Crippen molar-refractivity contribution in [2.24, 2.45) is 0 Å². The van der Waals surface area contributed by atoms with Crippen LogP contribution in [0.25, 0.3) is 0 Å². The molecule has 0 aliphatic heterocycles. The number of hydrogen-bond acceptors (Lipinski definition) is 5. The summed E-state index contributed by atoms with van der Waals surface area (Å²) in [7, 11) is 0. The van der Waals surface area contributed by atoms with Crippen LogP contribution >= 0.6 is 15.9 Å². The topological polar surface area (TPSA) is 73.9 Å². The summed E-state index contributed by atoms with van der Waals surface area (Å²) >= 11 is 3.26. The zero-order valence-corrected chi connectivity index (χ0v) is 17.4. The standard InChI is InChI=1S/C18H25BrFNO5/c1-17(2,3)25-15(22)21-14(10-24-16(23)26-18(4,5)6)12-9-11(19)7-8-13(12)20/h7-9,14H,10H2,1-6H3,(H,21,22)/t14-/m1/s1. The van der Waals surface area contributed by atoms with E-state index in [1.54, 1.807) is 41.5 Å². The van der Waals surface area contributed by atoms with E-state index in [2.05, 4.69) is 21.2 Å². The lowest BCUT2D eigenvalue weighted by Crippen LogP contribution is -2.37. The zero-order chi connectivity index (χ0) is 20.1. The van der Waals surface area contributed by atoms with Gasteiger partial charge in [-0.2, -0.15) is 0 Å². The van der Waals surface area contributed by atoms with E-state index in [9.17, 15) is 14.0 Å². The van der Waals surface area contributed by atoms with E-state index in [1.807, 2.05) is 0 Å². The highest BCUT2D eigenvalue weighted by atomic mass is 79.9. The summed E-state index contributed by atoms with van der Waals surface area (Å²) < 4.78 is 30.1. The SMILES string of the molecule is CC(C)(C)OC(=O)N[C@H](COC(=O)OC(C)(C)C)c1cc(Br)ccc1F. The first-order valence-electron chi connectivity index (χ1n) is 8.07. The molecule has 0 heterocycles. The highest BCUT2D eigenvalue weighted by Crippen LogP contribution is 2.23. The maximum atomic E-state index is 14.2. The second-order valence-corrected chi connectivity index (χ2v) is 8.56. The molecule has 0 spiro atoms. The Morgan fingerprint density at radius 2 is 1.69 bits per heavy atom. The van der Waals surface area contributed by atoms with Crippen molar-refractivity contribution in [3.05, 3.63) is 34.1 Å². The smallest absolute Gasteiger partial charge is 0.444 e. The summed E-state index contributed by atoms with van der Waals surface area (Å²) in [4.78, 5) is 23.8. The predicted octanol–water partition coefficient (Wildman–Crippen LogP) is 5.11. The van der Waals surface area contributed by atoms with Crippen molar-refractivity contribution < 1.29 is 28.2 Å². The summed E-state index contributed by atoms with van der Waals surface area (Å²) in [5.74, 6) is -0.554. The van der Waals surface area contributed by atoms with E-state index in [0.717, 1.165) is 0 Å². The van der Waals surface area contributed by atoms with Crippen molar-refractivity contribution in [3.8, 4) is 0 Å². The summed E-state index contributed by atoms with van der Waals surface area (Å²) in [6.07, 6.45) is -1.67. The van der Waals surface area contributed by atoms with Crippen LogP contribution in [0.3, 0.4) is 0 Å². The Hall–Kier alpha value is -1.83. The number of halogens is 2. The molecule has 1 rings (SSSR count).